The van der Waals surface area contributed by atoms with Crippen LogP contribution in [-0.2, 0) is 11.3 Å². The molecule has 0 radical (unpaired) electrons. The van der Waals surface area contributed by atoms with Gasteiger partial charge in [0.15, 0.2) is 0 Å². The average Bonchev–Trinajstić information content (AvgIpc) is 2.98. The number of likely N-dealkylation sites (N-methyl/N-ethyl adjacent to an activating group) is 1. The Hall–Kier alpha value is -3.89. The number of carbonyl (C=O) groups is 2. The minimum absolute atomic E-state index is 0.0873. The van der Waals surface area contributed by atoms with Crippen molar-refractivity contribution >= 4 is 17.5 Å². The van der Waals surface area contributed by atoms with Crippen LogP contribution in [0.4, 0.5) is 18.9 Å². The first-order chi connectivity index (χ1) is 20.4. The highest BCUT2D eigenvalue weighted by molar-refractivity contribution is 5.99. The normalized spacial score (nSPS) is 18.0. The van der Waals surface area contributed by atoms with E-state index in [2.05, 4.69) is 46.6 Å². The van der Waals surface area contributed by atoms with Gasteiger partial charge in [-0.15, -0.1) is 0 Å². The molecular weight excluding hydrogens is 559 g/mol. The molecule has 0 aromatic heterocycles. The lowest BCUT2D eigenvalue weighted by Crippen LogP contribution is -2.49. The van der Waals surface area contributed by atoms with Crippen LogP contribution in [0.2, 0.25) is 0 Å². The summed E-state index contributed by atoms with van der Waals surface area (Å²) >= 11 is 0. The molecule has 10 heteroatoms. The maximum Gasteiger partial charge on any atom is 0.389 e. The van der Waals surface area contributed by atoms with E-state index in [9.17, 15) is 27.9 Å². The highest BCUT2D eigenvalue weighted by Gasteiger charge is 2.34. The van der Waals surface area contributed by atoms with Gasteiger partial charge in [0, 0.05) is 37.7 Å². The van der Waals surface area contributed by atoms with Gasteiger partial charge in [-0.2, -0.15) is 13.2 Å². The number of carbonyl (C=O) groups excluding carboxylic acids is 2. The van der Waals surface area contributed by atoms with Crippen LogP contribution in [0.25, 0.3) is 11.1 Å². The van der Waals surface area contributed by atoms with Crippen LogP contribution in [0.5, 0.6) is 5.75 Å². The Bertz CT molecular complexity index is 1380. The number of hydrogen-bond acceptors (Lipinski definition) is 5. The molecule has 3 aromatic carbocycles. The van der Waals surface area contributed by atoms with E-state index in [1.165, 1.54) is 12.1 Å². The number of halogens is 3. The number of amides is 2. The molecular formula is C33H38F3N3O4. The van der Waals surface area contributed by atoms with E-state index in [-0.39, 0.29) is 35.8 Å². The quantitative estimate of drug-likeness (QED) is 0.300. The highest BCUT2D eigenvalue weighted by Crippen LogP contribution is 2.31. The lowest BCUT2D eigenvalue weighted by Gasteiger charge is -2.38. The molecule has 3 atom stereocenters. The Balaban J connectivity index is 1.51. The monoisotopic (exact) mass is 597 g/mol. The molecule has 0 aliphatic carbocycles. The van der Waals surface area contributed by atoms with Crippen LogP contribution in [0.15, 0.2) is 72.8 Å². The molecule has 4 rings (SSSR count). The van der Waals surface area contributed by atoms with E-state index >= 15 is 0 Å². The molecule has 2 amide bonds. The molecule has 0 saturated heterocycles. The zero-order chi connectivity index (χ0) is 31.1. The minimum Gasteiger partial charge on any atom is -0.488 e. The summed E-state index contributed by atoms with van der Waals surface area (Å²) in [5, 5.41) is 12.3. The lowest BCUT2D eigenvalue weighted by molar-refractivity contribution is -0.142. The van der Waals surface area contributed by atoms with Gasteiger partial charge in [-0.25, -0.2) is 0 Å². The van der Waals surface area contributed by atoms with Gasteiger partial charge in [0.1, 0.15) is 11.9 Å². The van der Waals surface area contributed by atoms with Gasteiger partial charge in [-0.05, 0) is 48.9 Å². The van der Waals surface area contributed by atoms with Crippen LogP contribution in [-0.4, -0.2) is 71.8 Å². The number of aliphatic hydroxyl groups is 1. The van der Waals surface area contributed by atoms with Crippen LogP contribution in [0.1, 0.15) is 42.6 Å². The number of nitrogens with zero attached hydrogens (tertiary/aromatic N) is 2. The summed E-state index contributed by atoms with van der Waals surface area (Å²) in [6.45, 7) is 5.05. The molecule has 230 valence electrons. The standard InChI is InChI=1S/C33H38F3N3O4/c1-22-18-39(23(2)21-40)32(42)28-17-27(37-31(41)15-16-33(34,35)36)13-14-29(28)43-30(22)20-38(3)19-24-9-11-26(12-10-24)25-7-5-4-6-8-25/h4-14,17,22-23,30,40H,15-16,18-21H2,1-3H3,(H,37,41)/t22-,23-,30+/m0/s1. The van der Waals surface area contributed by atoms with E-state index in [4.69, 9.17) is 4.74 Å². The number of rotatable bonds is 10. The summed E-state index contributed by atoms with van der Waals surface area (Å²) in [7, 11) is 2.00. The van der Waals surface area contributed by atoms with Crippen LogP contribution in [0, 0.1) is 5.92 Å². The first-order valence-electron chi connectivity index (χ1n) is 14.4. The molecule has 0 fully saturated rings. The number of hydrogen-bond donors (Lipinski definition) is 2. The van der Waals surface area contributed by atoms with Crippen LogP contribution < -0.4 is 10.1 Å². The fourth-order valence-corrected chi connectivity index (χ4v) is 5.11. The topological polar surface area (TPSA) is 82.1 Å². The van der Waals surface area contributed by atoms with Crippen molar-refractivity contribution in [3.63, 3.8) is 0 Å². The molecule has 0 unspecified atom stereocenters. The van der Waals surface area contributed by atoms with Gasteiger partial charge in [0.05, 0.1) is 24.6 Å². The number of nitrogens with one attached hydrogen (secondary N) is 1. The van der Waals surface area contributed by atoms with Gasteiger partial charge in [-0.1, -0.05) is 61.5 Å². The predicted octanol–water partition coefficient (Wildman–Crippen LogP) is 5.99. The van der Waals surface area contributed by atoms with E-state index in [0.717, 1.165) is 16.7 Å². The Morgan fingerprint density at radius 1 is 1.09 bits per heavy atom. The summed E-state index contributed by atoms with van der Waals surface area (Å²) in [6, 6.07) is 22.6. The molecule has 3 aromatic rings. The Labute approximate surface area is 250 Å². The maximum absolute atomic E-state index is 13.6. The van der Waals surface area contributed by atoms with Crippen LogP contribution >= 0.6 is 0 Å². The summed E-state index contributed by atoms with van der Waals surface area (Å²) in [4.78, 5) is 29.5. The third-order valence-electron chi connectivity index (χ3n) is 7.59. The van der Waals surface area contributed by atoms with E-state index < -0.39 is 31.0 Å². The Morgan fingerprint density at radius 2 is 1.77 bits per heavy atom. The van der Waals surface area contributed by atoms with Crippen molar-refractivity contribution in [2.75, 3.05) is 32.1 Å². The largest absolute Gasteiger partial charge is 0.488 e. The molecule has 1 heterocycles. The molecule has 1 aliphatic heterocycles. The first kappa shape index (κ1) is 32.0. The lowest BCUT2D eigenvalue weighted by atomic mass is 9.99. The molecule has 43 heavy (non-hydrogen) atoms. The van der Waals surface area contributed by atoms with Gasteiger partial charge in [0.2, 0.25) is 5.91 Å². The van der Waals surface area contributed by atoms with Crippen molar-refractivity contribution in [2.45, 2.75) is 51.6 Å². The summed E-state index contributed by atoms with van der Waals surface area (Å²) in [6.07, 6.45) is -6.73. The number of aliphatic hydroxyl groups excluding tert-OH is 1. The zero-order valence-corrected chi connectivity index (χ0v) is 24.6. The number of ether oxygens (including phenoxy) is 1. The van der Waals surface area contributed by atoms with Gasteiger partial charge >= 0.3 is 6.18 Å². The van der Waals surface area contributed by atoms with Gasteiger partial charge < -0.3 is 20.1 Å². The second-order valence-electron chi connectivity index (χ2n) is 11.3. The number of alkyl halides is 3. The van der Waals surface area contributed by atoms with Gasteiger partial charge in [0.25, 0.3) is 5.91 Å². The summed E-state index contributed by atoms with van der Waals surface area (Å²) in [5.74, 6) is -0.969. The first-order valence-corrected chi connectivity index (χ1v) is 14.4. The van der Waals surface area contributed by atoms with Crippen molar-refractivity contribution in [3.8, 4) is 16.9 Å². The van der Waals surface area contributed by atoms with Crippen molar-refractivity contribution in [1.29, 1.82) is 0 Å². The third kappa shape index (κ3) is 8.81. The molecule has 7 nitrogen and oxygen atoms in total. The highest BCUT2D eigenvalue weighted by atomic mass is 19.4. The predicted molar refractivity (Wildman–Crippen MR) is 160 cm³/mol. The molecule has 0 spiro atoms. The number of fused-ring (bicyclic) bond motifs is 1. The molecule has 0 saturated carbocycles. The zero-order valence-electron chi connectivity index (χ0n) is 24.6. The Kier molecular flexibility index (Phi) is 10.5. The number of benzene rings is 3. The van der Waals surface area contributed by atoms with Crippen molar-refractivity contribution in [1.82, 2.24) is 9.80 Å². The fraction of sp³-hybridized carbons (Fsp3) is 0.394. The van der Waals surface area contributed by atoms with E-state index in [1.54, 1.807) is 17.9 Å². The summed E-state index contributed by atoms with van der Waals surface area (Å²) < 4.78 is 44.1. The van der Waals surface area contributed by atoms with Crippen LogP contribution in [0.3, 0.4) is 0 Å². The minimum atomic E-state index is -4.45. The summed E-state index contributed by atoms with van der Waals surface area (Å²) in [5.41, 5.74) is 3.79. The fourth-order valence-electron chi connectivity index (χ4n) is 5.11. The molecule has 0 bridgehead atoms. The Morgan fingerprint density at radius 3 is 2.42 bits per heavy atom. The average molecular weight is 598 g/mol. The second kappa shape index (κ2) is 14.1. The maximum atomic E-state index is 13.6. The van der Waals surface area contributed by atoms with Crippen molar-refractivity contribution < 1.29 is 32.6 Å². The van der Waals surface area contributed by atoms with E-state index in [0.29, 0.717) is 25.4 Å². The molecule has 1 aliphatic rings. The third-order valence-corrected chi connectivity index (χ3v) is 7.59. The van der Waals surface area contributed by atoms with Crippen molar-refractivity contribution in [3.05, 3.63) is 83.9 Å². The van der Waals surface area contributed by atoms with E-state index in [1.807, 2.05) is 32.2 Å². The molecule has 2 N–H and O–H groups in total. The smallest absolute Gasteiger partial charge is 0.389 e. The van der Waals surface area contributed by atoms with Gasteiger partial charge in [-0.3, -0.25) is 14.5 Å². The van der Waals surface area contributed by atoms with Crippen molar-refractivity contribution in [2.24, 2.45) is 5.92 Å². The second-order valence-corrected chi connectivity index (χ2v) is 11.3. The SMILES string of the molecule is C[C@H]1CN([C@@H](C)CO)C(=O)c2cc(NC(=O)CCC(F)(F)F)ccc2O[C@@H]1CN(C)Cc1ccc(-c2ccccc2)cc1. The number of anilines is 1.